The Balaban J connectivity index is 0.776. The number of nitrogens with zero attached hydrogens (tertiary/aromatic N) is 1. The number of unbranched alkanes of at least 4 members (excludes halogenated alkanes) is 8. The van der Waals surface area contributed by atoms with Crippen molar-refractivity contribution < 1.29 is 41.7 Å². The van der Waals surface area contributed by atoms with Gasteiger partial charge in [0.05, 0.1) is 62.8 Å². The highest BCUT2D eigenvalue weighted by Gasteiger charge is 2.36. The molecule has 0 radical (unpaired) electrons. The summed E-state index contributed by atoms with van der Waals surface area (Å²) >= 11 is 2.07. The molecule has 12 heteroatoms. The highest BCUT2D eigenvalue weighted by molar-refractivity contribution is 8.00. The molecule has 8 nitrogen and oxygen atoms in total. The number of thioether (sulfide) groups is 1. The van der Waals surface area contributed by atoms with Gasteiger partial charge in [-0.1, -0.05) is 148 Å². The molecule has 1 N–H and O–H groups in total. The minimum absolute atomic E-state index is 0.228. The topological polar surface area (TPSA) is 87.6 Å². The van der Waals surface area contributed by atoms with Gasteiger partial charge in [-0.05, 0) is 77.2 Å². The summed E-state index contributed by atoms with van der Waals surface area (Å²) in [6.07, 6.45) is 8.07. The Morgan fingerprint density at radius 3 is 1.40 bits per heavy atom. The summed E-state index contributed by atoms with van der Waals surface area (Å²) < 4.78 is 66.0. The van der Waals surface area contributed by atoms with E-state index in [1.54, 1.807) is 24.3 Å². The summed E-state index contributed by atoms with van der Waals surface area (Å²) in [4.78, 5) is 12.3. The molecule has 0 bridgehead atoms. The van der Waals surface area contributed by atoms with Gasteiger partial charge >= 0.3 is 6.18 Å². The molecule has 0 aliphatic rings. The Labute approximate surface area is 387 Å². The van der Waals surface area contributed by atoms with Crippen molar-refractivity contribution in [3.05, 3.63) is 173 Å². The highest BCUT2D eigenvalue weighted by Crippen LogP contribution is 2.48. The second-order valence-corrected chi connectivity index (χ2v) is 16.8. The first-order chi connectivity index (χ1) is 31.9. The lowest BCUT2D eigenvalue weighted by Gasteiger charge is -2.35. The smallest absolute Gasteiger partial charge is 0.416 e. The maximum Gasteiger partial charge on any atom is 0.416 e. The number of hydrogen-bond donors (Lipinski definition) is 1. The molecular formula is C53H63F3N2O6S. The molecule has 0 atom stereocenters. The largest absolute Gasteiger partial charge is 0.491 e. The molecular weight excluding hydrogens is 850 g/mol. The van der Waals surface area contributed by atoms with Gasteiger partial charge in [0.25, 0.3) is 5.91 Å². The number of halogens is 3. The van der Waals surface area contributed by atoms with Gasteiger partial charge in [0.15, 0.2) is 0 Å². The quantitative estimate of drug-likeness (QED) is 0.0199. The van der Waals surface area contributed by atoms with Crippen molar-refractivity contribution in [3.8, 4) is 5.75 Å². The number of carbonyl (C=O) groups is 1. The predicted octanol–water partition coefficient (Wildman–Crippen LogP) is 12.2. The lowest BCUT2D eigenvalue weighted by atomic mass is 9.84. The van der Waals surface area contributed by atoms with E-state index in [0.717, 1.165) is 30.9 Å². The average Bonchev–Trinajstić information content (AvgIpc) is 3.33. The zero-order valence-electron chi connectivity index (χ0n) is 37.2. The number of ether oxygens (including phenoxy) is 5. The number of amides is 1. The Kier molecular flexibility index (Phi) is 23.2. The van der Waals surface area contributed by atoms with Crippen LogP contribution in [0.15, 0.2) is 145 Å². The van der Waals surface area contributed by atoms with Gasteiger partial charge in [0, 0.05) is 12.2 Å². The van der Waals surface area contributed by atoms with Crippen LogP contribution in [0.3, 0.4) is 0 Å². The molecule has 5 aromatic carbocycles. The maximum atomic E-state index is 12.7. The van der Waals surface area contributed by atoms with Crippen LogP contribution in [-0.4, -0.2) is 77.3 Å². The zero-order chi connectivity index (χ0) is 45.7. The molecule has 0 aromatic heterocycles. The summed E-state index contributed by atoms with van der Waals surface area (Å²) in [5.74, 6) is 1.22. The van der Waals surface area contributed by atoms with Crippen LogP contribution in [0.2, 0.25) is 0 Å². The molecule has 0 unspecified atom stereocenters. The monoisotopic (exact) mass is 912 g/mol. The molecule has 65 heavy (non-hydrogen) atoms. The minimum atomic E-state index is -4.41. The van der Waals surface area contributed by atoms with Crippen molar-refractivity contribution >= 4 is 23.9 Å². The van der Waals surface area contributed by atoms with Crippen molar-refractivity contribution in [2.45, 2.75) is 68.7 Å². The van der Waals surface area contributed by atoms with Crippen LogP contribution in [-0.2, 0) is 29.9 Å². The fourth-order valence-electron chi connectivity index (χ4n) is 7.21. The molecule has 0 heterocycles. The fourth-order valence-corrected chi connectivity index (χ4v) is 8.77. The zero-order valence-corrected chi connectivity index (χ0v) is 38.0. The third kappa shape index (κ3) is 18.4. The first-order valence-electron chi connectivity index (χ1n) is 22.7. The summed E-state index contributed by atoms with van der Waals surface area (Å²) in [5, 5.41) is 3.81. The SMILES string of the molecule is O=C(NN=Cc1ccc(C(F)(F)F)cc1)c1ccc(OCCOCCOCCOCCOCCCCCCCCCCCSC(c2ccccc2)(c2ccccc2)c2ccccc2)cc1. The molecule has 0 spiro atoms. The van der Waals surface area contributed by atoms with E-state index in [0.29, 0.717) is 69.7 Å². The standard InChI is InChI=1S/C53H63F3N2O6S/c54-53(55,56)49-29-25-44(26-30-49)43-57-58-51(59)45-27-31-50(32-28-45)64-41-40-63-39-38-62-37-36-61-35-34-60-33-17-6-4-2-1-3-5-7-18-42-65-52(46-19-11-8-12-20-46,47-21-13-9-14-22-47)48-23-15-10-16-24-48/h8-16,19-32,43H,1-7,17-18,33-42H2,(H,58,59). The number of alkyl halides is 3. The predicted molar refractivity (Wildman–Crippen MR) is 255 cm³/mol. The summed E-state index contributed by atoms with van der Waals surface area (Å²) in [5.41, 5.74) is 6.36. The Morgan fingerprint density at radius 1 is 0.492 bits per heavy atom. The van der Waals surface area contributed by atoms with E-state index < -0.39 is 17.6 Å². The molecule has 1 amide bonds. The van der Waals surface area contributed by atoms with E-state index in [1.807, 2.05) is 0 Å². The lowest BCUT2D eigenvalue weighted by molar-refractivity contribution is -0.137. The van der Waals surface area contributed by atoms with Gasteiger partial charge in [0.2, 0.25) is 0 Å². The molecule has 5 aromatic rings. The van der Waals surface area contributed by atoms with Crippen LogP contribution in [0.4, 0.5) is 13.2 Å². The van der Waals surface area contributed by atoms with Gasteiger partial charge in [-0.2, -0.15) is 18.3 Å². The van der Waals surface area contributed by atoms with Crippen LogP contribution < -0.4 is 10.2 Å². The normalized spacial score (nSPS) is 11.9. The first kappa shape index (κ1) is 51.0. The molecule has 0 aliphatic heterocycles. The molecule has 0 fully saturated rings. The third-order valence-corrected chi connectivity index (χ3v) is 12.3. The van der Waals surface area contributed by atoms with E-state index in [2.05, 4.69) is 113 Å². The molecule has 0 saturated carbocycles. The van der Waals surface area contributed by atoms with Gasteiger partial charge in [0.1, 0.15) is 12.4 Å². The van der Waals surface area contributed by atoms with Gasteiger partial charge < -0.3 is 23.7 Å². The van der Waals surface area contributed by atoms with Crippen LogP contribution in [0.25, 0.3) is 0 Å². The summed E-state index contributed by atoms with van der Waals surface area (Å²) in [6.45, 7) is 4.47. The Bertz CT molecular complexity index is 1940. The Hall–Kier alpha value is -4.98. The summed E-state index contributed by atoms with van der Waals surface area (Å²) in [6, 6.07) is 43.8. The number of carbonyl (C=O) groups excluding carboxylic acids is 1. The van der Waals surface area contributed by atoms with E-state index >= 15 is 0 Å². The van der Waals surface area contributed by atoms with Gasteiger partial charge in [-0.3, -0.25) is 4.79 Å². The van der Waals surface area contributed by atoms with E-state index in [-0.39, 0.29) is 4.75 Å². The number of hydrogen-bond acceptors (Lipinski definition) is 8. The number of hydrazone groups is 1. The Morgan fingerprint density at radius 2 is 0.923 bits per heavy atom. The van der Waals surface area contributed by atoms with Crippen LogP contribution in [0.5, 0.6) is 5.75 Å². The molecule has 348 valence electrons. The first-order valence-corrected chi connectivity index (χ1v) is 23.7. The summed E-state index contributed by atoms with van der Waals surface area (Å²) in [7, 11) is 0. The lowest BCUT2D eigenvalue weighted by Crippen LogP contribution is -2.26. The number of rotatable bonds is 32. The second kappa shape index (κ2) is 29.5. The molecule has 0 aliphatic carbocycles. The molecule has 5 rings (SSSR count). The second-order valence-electron chi connectivity index (χ2n) is 15.5. The van der Waals surface area contributed by atoms with Crippen molar-refractivity contribution in [1.29, 1.82) is 0 Å². The van der Waals surface area contributed by atoms with Crippen molar-refractivity contribution in [3.63, 3.8) is 0 Å². The van der Waals surface area contributed by atoms with Crippen LogP contribution >= 0.6 is 11.8 Å². The van der Waals surface area contributed by atoms with Crippen LogP contribution in [0, 0.1) is 0 Å². The third-order valence-electron chi connectivity index (χ3n) is 10.6. The molecule has 0 saturated heterocycles. The van der Waals surface area contributed by atoms with Crippen molar-refractivity contribution in [1.82, 2.24) is 5.43 Å². The fraction of sp³-hybridized carbons (Fsp3) is 0.396. The average molecular weight is 913 g/mol. The minimum Gasteiger partial charge on any atom is -0.491 e. The van der Waals surface area contributed by atoms with Gasteiger partial charge in [-0.15, -0.1) is 11.8 Å². The highest BCUT2D eigenvalue weighted by atomic mass is 32.2. The number of benzene rings is 5. The van der Waals surface area contributed by atoms with E-state index in [1.165, 1.54) is 86.4 Å². The number of nitrogens with one attached hydrogen (secondary N) is 1. The van der Waals surface area contributed by atoms with Crippen molar-refractivity contribution in [2.75, 3.05) is 65.2 Å². The van der Waals surface area contributed by atoms with E-state index in [9.17, 15) is 18.0 Å². The maximum absolute atomic E-state index is 12.7. The van der Waals surface area contributed by atoms with Crippen molar-refractivity contribution in [2.24, 2.45) is 5.10 Å². The van der Waals surface area contributed by atoms with Crippen LogP contribution in [0.1, 0.15) is 96.0 Å². The van der Waals surface area contributed by atoms with Gasteiger partial charge in [-0.25, -0.2) is 5.43 Å². The van der Waals surface area contributed by atoms with E-state index in [4.69, 9.17) is 23.7 Å².